The second-order valence-electron chi connectivity index (χ2n) is 5.57. The average Bonchev–Trinajstić information content (AvgIpc) is 2.64. The molecule has 5 heteroatoms. The summed E-state index contributed by atoms with van der Waals surface area (Å²) in [5.74, 6) is -0.0407. The molecule has 0 saturated carbocycles. The second kappa shape index (κ2) is 8.44. The average molecular weight is 396 g/mol. The lowest BCUT2D eigenvalue weighted by Gasteiger charge is -2.09. The maximum Gasteiger partial charge on any atom is 0.228 e. The van der Waals surface area contributed by atoms with E-state index in [4.69, 9.17) is 0 Å². The van der Waals surface area contributed by atoms with Gasteiger partial charge in [-0.15, -0.1) is 0 Å². The zero-order valence-corrected chi connectivity index (χ0v) is 15.2. The summed E-state index contributed by atoms with van der Waals surface area (Å²) in [7, 11) is 0. The summed E-state index contributed by atoms with van der Waals surface area (Å²) in [6.45, 7) is 0.661. The molecular weight excluding hydrogens is 378 g/mol. The molecular formula is C20H18BrN3O. The van der Waals surface area contributed by atoms with Gasteiger partial charge in [-0.1, -0.05) is 40.2 Å². The number of carbonyl (C=O) groups excluding carboxylic acids is 1. The number of pyridine rings is 1. The molecule has 0 radical (unpaired) electrons. The first kappa shape index (κ1) is 17.2. The smallest absolute Gasteiger partial charge is 0.228 e. The Morgan fingerprint density at radius 2 is 1.64 bits per heavy atom. The Kier molecular flexibility index (Phi) is 5.80. The number of nitrogens with one attached hydrogen (secondary N) is 2. The largest absolute Gasteiger partial charge is 0.379 e. The maximum absolute atomic E-state index is 12.2. The van der Waals surface area contributed by atoms with Crippen LogP contribution in [0.4, 0.5) is 11.4 Å². The molecule has 1 heterocycles. The highest BCUT2D eigenvalue weighted by atomic mass is 79.9. The monoisotopic (exact) mass is 395 g/mol. The van der Waals surface area contributed by atoms with Crippen molar-refractivity contribution in [3.63, 3.8) is 0 Å². The molecule has 0 spiro atoms. The number of nitrogens with zero attached hydrogens (tertiary/aromatic N) is 1. The van der Waals surface area contributed by atoms with Crippen LogP contribution in [0.25, 0.3) is 0 Å². The minimum Gasteiger partial charge on any atom is -0.379 e. The minimum atomic E-state index is -0.0407. The molecule has 2 N–H and O–H groups in total. The fourth-order valence-electron chi connectivity index (χ4n) is 2.39. The number of benzene rings is 2. The predicted octanol–water partition coefficient (Wildman–Crippen LogP) is 4.64. The molecule has 0 aliphatic carbocycles. The van der Waals surface area contributed by atoms with E-state index in [1.807, 2.05) is 66.7 Å². The fourth-order valence-corrected chi connectivity index (χ4v) is 2.81. The molecule has 0 saturated heterocycles. The van der Waals surface area contributed by atoms with Gasteiger partial charge in [0.15, 0.2) is 0 Å². The molecule has 0 aliphatic heterocycles. The van der Waals surface area contributed by atoms with Crippen LogP contribution >= 0.6 is 15.9 Å². The third-order valence-corrected chi connectivity index (χ3v) is 4.45. The van der Waals surface area contributed by atoms with E-state index in [-0.39, 0.29) is 5.91 Å². The van der Waals surface area contributed by atoms with Gasteiger partial charge in [-0.05, 0) is 48.0 Å². The zero-order chi connectivity index (χ0) is 17.5. The number of anilines is 2. The van der Waals surface area contributed by atoms with E-state index < -0.39 is 0 Å². The normalized spacial score (nSPS) is 10.3. The topological polar surface area (TPSA) is 54.0 Å². The van der Waals surface area contributed by atoms with Crippen molar-refractivity contribution in [2.45, 2.75) is 13.0 Å². The van der Waals surface area contributed by atoms with Crippen LogP contribution in [-0.2, 0) is 17.8 Å². The Balaban J connectivity index is 1.53. The summed E-state index contributed by atoms with van der Waals surface area (Å²) >= 11 is 3.46. The Morgan fingerprint density at radius 1 is 0.920 bits per heavy atom. The van der Waals surface area contributed by atoms with Crippen molar-refractivity contribution in [2.24, 2.45) is 0 Å². The molecule has 4 nitrogen and oxygen atoms in total. The standard InChI is InChI=1S/C20H18BrN3O/c21-19-7-2-1-5-15(19)13-20(25)24-17-10-8-16(9-11-17)23-14-18-6-3-4-12-22-18/h1-12,23H,13-14H2,(H,24,25). The SMILES string of the molecule is O=C(Cc1ccccc1Br)Nc1ccc(NCc2ccccn2)cc1. The lowest BCUT2D eigenvalue weighted by Crippen LogP contribution is -2.14. The highest BCUT2D eigenvalue weighted by Gasteiger charge is 2.06. The number of carbonyl (C=O) groups is 1. The van der Waals surface area contributed by atoms with Crippen molar-refractivity contribution in [1.29, 1.82) is 0 Å². The Labute approximate surface area is 155 Å². The Morgan fingerprint density at radius 3 is 2.36 bits per heavy atom. The number of aromatic nitrogens is 1. The first-order valence-electron chi connectivity index (χ1n) is 7.98. The van der Waals surface area contributed by atoms with Crippen LogP contribution in [-0.4, -0.2) is 10.9 Å². The Bertz CT molecular complexity index is 835. The maximum atomic E-state index is 12.2. The summed E-state index contributed by atoms with van der Waals surface area (Å²) in [5.41, 5.74) is 3.71. The number of hydrogen-bond donors (Lipinski definition) is 2. The molecule has 0 unspecified atom stereocenters. The van der Waals surface area contributed by atoms with Gasteiger partial charge in [-0.3, -0.25) is 9.78 Å². The summed E-state index contributed by atoms with van der Waals surface area (Å²) < 4.78 is 0.944. The van der Waals surface area contributed by atoms with Crippen LogP contribution in [0.15, 0.2) is 77.4 Å². The quantitative estimate of drug-likeness (QED) is 0.639. The highest BCUT2D eigenvalue weighted by Crippen LogP contribution is 2.18. The van der Waals surface area contributed by atoms with Crippen molar-refractivity contribution < 1.29 is 4.79 Å². The second-order valence-corrected chi connectivity index (χ2v) is 6.42. The highest BCUT2D eigenvalue weighted by molar-refractivity contribution is 9.10. The molecule has 126 valence electrons. The third-order valence-electron chi connectivity index (χ3n) is 3.68. The van der Waals surface area contributed by atoms with E-state index in [1.165, 1.54) is 0 Å². The lowest BCUT2D eigenvalue weighted by molar-refractivity contribution is -0.115. The first-order valence-corrected chi connectivity index (χ1v) is 8.77. The zero-order valence-electron chi connectivity index (χ0n) is 13.6. The molecule has 0 bridgehead atoms. The minimum absolute atomic E-state index is 0.0407. The number of amides is 1. The van der Waals surface area contributed by atoms with Crippen molar-refractivity contribution >= 4 is 33.2 Å². The number of hydrogen-bond acceptors (Lipinski definition) is 3. The van der Waals surface area contributed by atoms with Crippen molar-refractivity contribution in [1.82, 2.24) is 4.98 Å². The molecule has 0 fully saturated rings. The van der Waals surface area contributed by atoms with E-state index in [2.05, 4.69) is 31.5 Å². The Hall–Kier alpha value is -2.66. The van der Waals surface area contributed by atoms with Gasteiger partial charge in [-0.25, -0.2) is 0 Å². The first-order chi connectivity index (χ1) is 12.2. The third kappa shape index (κ3) is 5.16. The summed E-state index contributed by atoms with van der Waals surface area (Å²) in [5, 5.41) is 6.23. The van der Waals surface area contributed by atoms with Gasteiger partial charge in [0.1, 0.15) is 0 Å². The number of rotatable bonds is 6. The van der Waals surface area contributed by atoms with E-state index in [1.54, 1.807) is 6.20 Å². The van der Waals surface area contributed by atoms with Crippen molar-refractivity contribution in [3.8, 4) is 0 Å². The van der Waals surface area contributed by atoms with Crippen molar-refractivity contribution in [3.05, 3.63) is 88.7 Å². The van der Waals surface area contributed by atoms with Crippen LogP contribution in [0.2, 0.25) is 0 Å². The van der Waals surface area contributed by atoms with Crippen LogP contribution < -0.4 is 10.6 Å². The summed E-state index contributed by atoms with van der Waals surface area (Å²) in [4.78, 5) is 16.4. The van der Waals surface area contributed by atoms with Gasteiger partial charge in [0.05, 0.1) is 18.7 Å². The van der Waals surface area contributed by atoms with E-state index in [9.17, 15) is 4.79 Å². The molecule has 1 aromatic heterocycles. The van der Waals surface area contributed by atoms with E-state index in [0.29, 0.717) is 13.0 Å². The van der Waals surface area contributed by atoms with Gasteiger partial charge in [-0.2, -0.15) is 0 Å². The molecule has 3 rings (SSSR count). The molecule has 1 amide bonds. The van der Waals surface area contributed by atoms with Gasteiger partial charge in [0.25, 0.3) is 0 Å². The van der Waals surface area contributed by atoms with Gasteiger partial charge < -0.3 is 10.6 Å². The molecule has 0 atom stereocenters. The van der Waals surface area contributed by atoms with Crippen LogP contribution in [0.3, 0.4) is 0 Å². The fraction of sp³-hybridized carbons (Fsp3) is 0.100. The number of halogens is 1. The summed E-state index contributed by atoms with van der Waals surface area (Å²) in [6.07, 6.45) is 2.11. The lowest BCUT2D eigenvalue weighted by atomic mass is 10.1. The molecule has 3 aromatic rings. The summed E-state index contributed by atoms with van der Waals surface area (Å²) in [6, 6.07) is 21.2. The molecule has 25 heavy (non-hydrogen) atoms. The van der Waals surface area contributed by atoms with Crippen LogP contribution in [0, 0.1) is 0 Å². The van der Waals surface area contributed by atoms with Crippen LogP contribution in [0.5, 0.6) is 0 Å². The van der Waals surface area contributed by atoms with Gasteiger partial charge in [0.2, 0.25) is 5.91 Å². The molecule has 2 aromatic carbocycles. The van der Waals surface area contributed by atoms with E-state index in [0.717, 1.165) is 27.1 Å². The predicted molar refractivity (Wildman–Crippen MR) is 104 cm³/mol. The molecule has 0 aliphatic rings. The van der Waals surface area contributed by atoms with Gasteiger partial charge >= 0.3 is 0 Å². The van der Waals surface area contributed by atoms with Crippen LogP contribution in [0.1, 0.15) is 11.3 Å². The van der Waals surface area contributed by atoms with Crippen molar-refractivity contribution in [2.75, 3.05) is 10.6 Å². The van der Waals surface area contributed by atoms with E-state index >= 15 is 0 Å². The van der Waals surface area contributed by atoms with Gasteiger partial charge in [0, 0.05) is 22.0 Å².